The number of pyridine rings is 1. The van der Waals surface area contributed by atoms with Crippen LogP contribution in [-0.4, -0.2) is 14.6 Å². The van der Waals surface area contributed by atoms with Crippen LogP contribution in [0.3, 0.4) is 0 Å². The number of thiophene rings is 1. The molecule has 16 heavy (non-hydrogen) atoms. The van der Waals surface area contributed by atoms with Gasteiger partial charge >= 0.3 is 0 Å². The lowest BCUT2D eigenvalue weighted by molar-refractivity contribution is 1.12. The summed E-state index contributed by atoms with van der Waals surface area (Å²) in [7, 11) is 0. The van der Waals surface area contributed by atoms with E-state index < -0.39 is 0 Å². The zero-order valence-corrected chi connectivity index (χ0v) is 10.2. The van der Waals surface area contributed by atoms with Crippen LogP contribution in [0, 0.1) is 0 Å². The van der Waals surface area contributed by atoms with Gasteiger partial charge < -0.3 is 0 Å². The predicted molar refractivity (Wildman–Crippen MR) is 66.3 cm³/mol. The number of halogens is 2. The van der Waals surface area contributed by atoms with Crippen LogP contribution in [0.1, 0.15) is 0 Å². The Hall–Kier alpha value is -1.10. The smallest absolute Gasteiger partial charge is 0.179 e. The molecule has 3 heterocycles. The Morgan fingerprint density at radius 1 is 1.12 bits per heavy atom. The summed E-state index contributed by atoms with van der Waals surface area (Å²) in [4.78, 5) is 0.972. The van der Waals surface area contributed by atoms with Gasteiger partial charge in [0.05, 0.1) is 14.2 Å². The van der Waals surface area contributed by atoms with Crippen molar-refractivity contribution in [2.24, 2.45) is 0 Å². The molecule has 0 aromatic carbocycles. The quantitative estimate of drug-likeness (QED) is 0.673. The Labute approximate surface area is 105 Å². The predicted octanol–water partition coefficient (Wildman–Crippen LogP) is 3.76. The standard InChI is InChI=1S/C10H5Cl2N3S/c11-6-2-1-5-15-9(6)13-14-10(15)7-3-4-8(12)16-7/h1-5H. The first-order valence-corrected chi connectivity index (χ1v) is 6.08. The fourth-order valence-electron chi connectivity index (χ4n) is 1.49. The summed E-state index contributed by atoms with van der Waals surface area (Å²) in [6, 6.07) is 7.41. The molecule has 0 bridgehead atoms. The number of hydrogen-bond acceptors (Lipinski definition) is 3. The molecule has 0 aliphatic rings. The first-order chi connectivity index (χ1) is 7.75. The maximum atomic E-state index is 6.02. The molecule has 80 valence electrons. The van der Waals surface area contributed by atoms with Gasteiger partial charge in [0, 0.05) is 6.20 Å². The van der Waals surface area contributed by atoms with E-state index in [1.54, 1.807) is 6.07 Å². The van der Waals surface area contributed by atoms with Crippen molar-refractivity contribution in [2.45, 2.75) is 0 Å². The monoisotopic (exact) mass is 269 g/mol. The van der Waals surface area contributed by atoms with Gasteiger partial charge in [-0.15, -0.1) is 21.5 Å². The van der Waals surface area contributed by atoms with Gasteiger partial charge in [-0.05, 0) is 24.3 Å². The van der Waals surface area contributed by atoms with Crippen LogP contribution >= 0.6 is 34.5 Å². The summed E-state index contributed by atoms with van der Waals surface area (Å²) in [6.07, 6.45) is 1.88. The topological polar surface area (TPSA) is 30.2 Å². The average molecular weight is 270 g/mol. The SMILES string of the molecule is Clc1ccc(-c2nnc3c(Cl)cccn23)s1. The zero-order valence-electron chi connectivity index (χ0n) is 7.89. The Balaban J connectivity index is 2.29. The van der Waals surface area contributed by atoms with Crippen molar-refractivity contribution in [1.29, 1.82) is 0 Å². The number of fused-ring (bicyclic) bond motifs is 1. The highest BCUT2D eigenvalue weighted by Crippen LogP contribution is 2.30. The van der Waals surface area contributed by atoms with Crippen molar-refractivity contribution in [3.63, 3.8) is 0 Å². The van der Waals surface area contributed by atoms with E-state index in [9.17, 15) is 0 Å². The van der Waals surface area contributed by atoms with Crippen LogP contribution in [0.25, 0.3) is 16.3 Å². The van der Waals surface area contributed by atoms with E-state index in [-0.39, 0.29) is 0 Å². The summed E-state index contributed by atoms with van der Waals surface area (Å²) in [5, 5.41) is 8.76. The second-order valence-electron chi connectivity index (χ2n) is 3.18. The van der Waals surface area contributed by atoms with Crippen molar-refractivity contribution < 1.29 is 0 Å². The van der Waals surface area contributed by atoms with Gasteiger partial charge in [-0.1, -0.05) is 23.2 Å². The minimum absolute atomic E-state index is 0.587. The van der Waals surface area contributed by atoms with Gasteiger partial charge in [-0.25, -0.2) is 0 Å². The number of rotatable bonds is 1. The van der Waals surface area contributed by atoms with Crippen LogP contribution in [0.4, 0.5) is 0 Å². The minimum atomic E-state index is 0.587. The maximum Gasteiger partial charge on any atom is 0.179 e. The maximum absolute atomic E-state index is 6.02. The van der Waals surface area contributed by atoms with Crippen LogP contribution in [0.5, 0.6) is 0 Å². The van der Waals surface area contributed by atoms with Crippen LogP contribution in [0.15, 0.2) is 30.5 Å². The summed E-state index contributed by atoms with van der Waals surface area (Å²) < 4.78 is 2.58. The molecule has 0 amide bonds. The Kier molecular flexibility index (Phi) is 2.35. The van der Waals surface area contributed by atoms with Gasteiger partial charge in [0.2, 0.25) is 0 Å². The fraction of sp³-hybridized carbons (Fsp3) is 0. The average Bonchev–Trinajstić information content (AvgIpc) is 2.84. The normalized spacial score (nSPS) is 11.1. The van der Waals surface area contributed by atoms with Crippen LogP contribution in [0.2, 0.25) is 9.36 Å². The molecule has 6 heteroatoms. The summed E-state index contributed by atoms with van der Waals surface area (Å²) in [5.74, 6) is 0.759. The van der Waals surface area contributed by atoms with E-state index in [0.717, 1.165) is 15.0 Å². The number of nitrogens with zero attached hydrogens (tertiary/aromatic N) is 3. The molecule has 3 aromatic heterocycles. The molecule has 3 aromatic rings. The van der Waals surface area contributed by atoms with Crippen molar-refractivity contribution in [3.05, 3.63) is 39.8 Å². The molecule has 0 atom stereocenters. The van der Waals surface area contributed by atoms with E-state index in [1.165, 1.54) is 11.3 Å². The van der Waals surface area contributed by atoms with E-state index in [4.69, 9.17) is 23.2 Å². The molecular weight excluding hydrogens is 265 g/mol. The first kappa shape index (κ1) is 10.1. The number of hydrogen-bond donors (Lipinski definition) is 0. The lowest BCUT2D eigenvalue weighted by atomic mass is 10.4. The van der Waals surface area contributed by atoms with E-state index in [2.05, 4.69) is 10.2 Å². The summed E-state index contributed by atoms with van der Waals surface area (Å²) in [6.45, 7) is 0. The summed E-state index contributed by atoms with van der Waals surface area (Å²) in [5.41, 5.74) is 0.656. The Morgan fingerprint density at radius 3 is 2.75 bits per heavy atom. The van der Waals surface area contributed by atoms with Gasteiger partial charge in [0.25, 0.3) is 0 Å². The van der Waals surface area contributed by atoms with Crippen molar-refractivity contribution in [1.82, 2.24) is 14.6 Å². The third-order valence-corrected chi connectivity index (χ3v) is 3.70. The first-order valence-electron chi connectivity index (χ1n) is 4.50. The molecule has 0 spiro atoms. The fourth-order valence-corrected chi connectivity index (χ4v) is 2.71. The lowest BCUT2D eigenvalue weighted by Crippen LogP contribution is -1.86. The molecule has 0 aliphatic heterocycles. The molecule has 0 saturated carbocycles. The van der Waals surface area contributed by atoms with Gasteiger partial charge in [-0.2, -0.15) is 0 Å². The van der Waals surface area contributed by atoms with E-state index >= 15 is 0 Å². The zero-order chi connectivity index (χ0) is 11.1. The van der Waals surface area contributed by atoms with Gasteiger partial charge in [-0.3, -0.25) is 4.40 Å². The molecule has 0 radical (unpaired) electrons. The molecule has 0 unspecified atom stereocenters. The second kappa shape index (κ2) is 3.73. The van der Waals surface area contributed by atoms with Crippen LogP contribution in [-0.2, 0) is 0 Å². The largest absolute Gasteiger partial charge is 0.281 e. The highest BCUT2D eigenvalue weighted by molar-refractivity contribution is 7.19. The van der Waals surface area contributed by atoms with E-state index in [0.29, 0.717) is 10.7 Å². The molecular formula is C10H5Cl2N3S. The molecule has 0 fully saturated rings. The summed E-state index contributed by atoms with van der Waals surface area (Å²) >= 11 is 13.4. The third kappa shape index (κ3) is 1.50. The minimum Gasteiger partial charge on any atom is -0.281 e. The third-order valence-electron chi connectivity index (χ3n) is 2.18. The van der Waals surface area contributed by atoms with Crippen LogP contribution < -0.4 is 0 Å². The highest BCUT2D eigenvalue weighted by atomic mass is 35.5. The van der Waals surface area contributed by atoms with Gasteiger partial charge in [0.1, 0.15) is 0 Å². The highest BCUT2D eigenvalue weighted by Gasteiger charge is 2.11. The molecule has 0 saturated heterocycles. The second-order valence-corrected chi connectivity index (χ2v) is 5.30. The molecule has 3 nitrogen and oxygen atoms in total. The molecule has 0 aliphatic carbocycles. The van der Waals surface area contributed by atoms with Crippen molar-refractivity contribution in [3.8, 4) is 10.7 Å². The Bertz CT molecular complexity index is 659. The van der Waals surface area contributed by atoms with Crippen molar-refractivity contribution in [2.75, 3.05) is 0 Å². The number of aromatic nitrogens is 3. The Morgan fingerprint density at radius 2 is 2.00 bits per heavy atom. The van der Waals surface area contributed by atoms with Gasteiger partial charge in [0.15, 0.2) is 11.5 Å². The lowest BCUT2D eigenvalue weighted by Gasteiger charge is -1.96. The van der Waals surface area contributed by atoms with E-state index in [1.807, 2.05) is 28.8 Å². The van der Waals surface area contributed by atoms with Crippen molar-refractivity contribution >= 4 is 40.2 Å². The molecule has 3 rings (SSSR count). The molecule has 0 N–H and O–H groups in total.